The molecule has 0 aliphatic rings. The highest BCUT2D eigenvalue weighted by atomic mass is 14.8. The molecule has 0 atom stereocenters. The molecule has 0 spiro atoms. The normalized spacial score (nSPS) is 9.38. The van der Waals surface area contributed by atoms with Crippen molar-refractivity contribution in [3.63, 3.8) is 0 Å². The van der Waals surface area contributed by atoms with E-state index >= 15 is 0 Å². The molecular formula is C14H12N2. The molecular weight excluding hydrogens is 196 g/mol. The van der Waals surface area contributed by atoms with Crippen molar-refractivity contribution >= 4 is 0 Å². The predicted octanol–water partition coefficient (Wildman–Crippen LogP) is 2.82. The fourth-order valence-corrected chi connectivity index (χ4v) is 1.47. The Kier molecular flexibility index (Phi) is 2.98. The Morgan fingerprint density at radius 1 is 1.00 bits per heavy atom. The molecule has 0 amide bonds. The van der Waals surface area contributed by atoms with Crippen LogP contribution in [0.2, 0.25) is 0 Å². The van der Waals surface area contributed by atoms with Crippen LogP contribution in [0.3, 0.4) is 0 Å². The number of aromatic nitrogens is 2. The van der Waals surface area contributed by atoms with Gasteiger partial charge in [0.1, 0.15) is 0 Å². The third-order valence-electron chi connectivity index (χ3n) is 2.21. The number of rotatable bonds is 1. The van der Waals surface area contributed by atoms with Gasteiger partial charge in [-0.05, 0) is 43.7 Å². The van der Waals surface area contributed by atoms with Gasteiger partial charge in [0.15, 0.2) is 0 Å². The molecule has 2 nitrogen and oxygen atoms in total. The average Bonchev–Trinajstić information content (AvgIpc) is 2.30. The summed E-state index contributed by atoms with van der Waals surface area (Å²) >= 11 is 0. The van der Waals surface area contributed by atoms with Crippen molar-refractivity contribution in [1.29, 1.82) is 0 Å². The minimum absolute atomic E-state index is 0.865. The maximum Gasteiger partial charge on any atom is 0.0898 e. The zero-order valence-electron chi connectivity index (χ0n) is 9.36. The van der Waals surface area contributed by atoms with E-state index in [1.807, 2.05) is 38.1 Å². The lowest BCUT2D eigenvalue weighted by molar-refractivity contribution is 1.22. The topological polar surface area (TPSA) is 25.8 Å². The molecule has 2 aromatic rings. The molecule has 2 aromatic heterocycles. The summed E-state index contributed by atoms with van der Waals surface area (Å²) in [5, 5.41) is 0. The Labute approximate surface area is 95.4 Å². The van der Waals surface area contributed by atoms with Gasteiger partial charge in [0.05, 0.1) is 11.4 Å². The van der Waals surface area contributed by atoms with Crippen LogP contribution in [-0.2, 0) is 0 Å². The zero-order valence-corrected chi connectivity index (χ0v) is 9.36. The van der Waals surface area contributed by atoms with E-state index in [0.29, 0.717) is 0 Å². The van der Waals surface area contributed by atoms with Crippen LogP contribution in [-0.4, -0.2) is 9.97 Å². The van der Waals surface area contributed by atoms with Gasteiger partial charge in [-0.3, -0.25) is 9.97 Å². The Morgan fingerprint density at radius 3 is 2.38 bits per heavy atom. The van der Waals surface area contributed by atoms with Crippen molar-refractivity contribution in [3.05, 3.63) is 47.8 Å². The van der Waals surface area contributed by atoms with Crippen molar-refractivity contribution in [3.8, 4) is 23.2 Å². The Balaban J connectivity index is 2.46. The van der Waals surface area contributed by atoms with Gasteiger partial charge >= 0.3 is 0 Å². The van der Waals surface area contributed by atoms with E-state index in [1.165, 1.54) is 5.56 Å². The highest BCUT2D eigenvalue weighted by molar-refractivity contribution is 5.57. The largest absolute Gasteiger partial charge is 0.255 e. The molecule has 2 rings (SSSR count). The molecule has 2 heterocycles. The zero-order chi connectivity index (χ0) is 11.4. The van der Waals surface area contributed by atoms with E-state index in [4.69, 9.17) is 0 Å². The lowest BCUT2D eigenvalue weighted by Crippen LogP contribution is -1.88. The first-order chi connectivity index (χ1) is 7.79. The molecule has 16 heavy (non-hydrogen) atoms. The molecule has 0 bridgehead atoms. The van der Waals surface area contributed by atoms with E-state index in [9.17, 15) is 0 Å². The molecule has 0 aliphatic heterocycles. The predicted molar refractivity (Wildman–Crippen MR) is 64.8 cm³/mol. The van der Waals surface area contributed by atoms with E-state index in [-0.39, 0.29) is 0 Å². The number of pyridine rings is 2. The Morgan fingerprint density at radius 2 is 1.69 bits per heavy atom. The van der Waals surface area contributed by atoms with Crippen molar-refractivity contribution in [2.45, 2.75) is 13.8 Å². The van der Waals surface area contributed by atoms with Crippen LogP contribution in [0.4, 0.5) is 0 Å². The minimum Gasteiger partial charge on any atom is -0.255 e. The molecule has 0 radical (unpaired) electrons. The Bertz CT molecular complexity index is 562. The van der Waals surface area contributed by atoms with Crippen LogP contribution >= 0.6 is 0 Å². The summed E-state index contributed by atoms with van der Waals surface area (Å²) in [7, 11) is 0. The molecule has 0 fully saturated rings. The van der Waals surface area contributed by atoms with Gasteiger partial charge in [0, 0.05) is 18.0 Å². The maximum absolute atomic E-state index is 4.30. The van der Waals surface area contributed by atoms with E-state index in [0.717, 1.165) is 17.0 Å². The fourth-order valence-electron chi connectivity index (χ4n) is 1.47. The molecule has 0 saturated heterocycles. The van der Waals surface area contributed by atoms with Gasteiger partial charge in [-0.2, -0.15) is 0 Å². The third kappa shape index (κ3) is 2.26. The van der Waals surface area contributed by atoms with Crippen LogP contribution in [0.1, 0.15) is 18.1 Å². The maximum atomic E-state index is 4.30. The number of aryl methyl sites for hydroxylation is 1. The monoisotopic (exact) mass is 208 g/mol. The van der Waals surface area contributed by atoms with Gasteiger partial charge in [-0.1, -0.05) is 5.92 Å². The minimum atomic E-state index is 0.865. The molecule has 0 aromatic carbocycles. The van der Waals surface area contributed by atoms with Crippen molar-refractivity contribution < 1.29 is 0 Å². The number of nitrogens with zero attached hydrogens (tertiary/aromatic N) is 2. The van der Waals surface area contributed by atoms with Crippen molar-refractivity contribution in [2.24, 2.45) is 0 Å². The van der Waals surface area contributed by atoms with Crippen molar-refractivity contribution in [2.75, 3.05) is 0 Å². The van der Waals surface area contributed by atoms with E-state index in [1.54, 1.807) is 12.4 Å². The second-order valence-electron chi connectivity index (χ2n) is 3.52. The van der Waals surface area contributed by atoms with Crippen LogP contribution in [0, 0.1) is 18.8 Å². The molecule has 0 unspecified atom stereocenters. The average molecular weight is 208 g/mol. The first-order valence-electron chi connectivity index (χ1n) is 5.11. The summed E-state index contributed by atoms with van der Waals surface area (Å²) in [6.07, 6.45) is 3.56. The highest BCUT2D eigenvalue weighted by Crippen LogP contribution is 2.15. The molecule has 0 saturated carbocycles. The summed E-state index contributed by atoms with van der Waals surface area (Å²) < 4.78 is 0. The van der Waals surface area contributed by atoms with Gasteiger partial charge in [0.2, 0.25) is 0 Å². The van der Waals surface area contributed by atoms with Crippen LogP contribution in [0.15, 0.2) is 36.7 Å². The lowest BCUT2D eigenvalue weighted by Gasteiger charge is -2.01. The lowest BCUT2D eigenvalue weighted by atomic mass is 10.1. The van der Waals surface area contributed by atoms with Gasteiger partial charge < -0.3 is 0 Å². The first-order valence-corrected chi connectivity index (χ1v) is 5.11. The molecule has 0 aliphatic carbocycles. The highest BCUT2D eigenvalue weighted by Gasteiger charge is 2.01. The van der Waals surface area contributed by atoms with Gasteiger partial charge in [0.25, 0.3) is 0 Å². The summed E-state index contributed by atoms with van der Waals surface area (Å²) in [6, 6.07) is 7.85. The molecule has 78 valence electrons. The number of hydrogen-bond donors (Lipinski definition) is 0. The molecule has 2 heteroatoms. The van der Waals surface area contributed by atoms with Crippen LogP contribution in [0.25, 0.3) is 11.4 Å². The second-order valence-corrected chi connectivity index (χ2v) is 3.52. The number of hydrogen-bond acceptors (Lipinski definition) is 2. The standard InChI is InChI=1S/C14H12N2/c1-3-4-12-6-8-16-14(10-12)13-9-11(2)5-7-15-13/h5-10H,1-2H3. The third-order valence-corrected chi connectivity index (χ3v) is 2.21. The van der Waals surface area contributed by atoms with E-state index < -0.39 is 0 Å². The molecule has 0 N–H and O–H groups in total. The van der Waals surface area contributed by atoms with E-state index in [2.05, 4.69) is 21.8 Å². The van der Waals surface area contributed by atoms with Crippen molar-refractivity contribution in [1.82, 2.24) is 9.97 Å². The summed E-state index contributed by atoms with van der Waals surface area (Å²) in [5.41, 5.74) is 3.90. The second kappa shape index (κ2) is 4.59. The smallest absolute Gasteiger partial charge is 0.0898 e. The van der Waals surface area contributed by atoms with Gasteiger partial charge in [-0.15, -0.1) is 5.92 Å². The SMILES string of the molecule is CC#Cc1ccnc(-c2cc(C)ccn2)c1. The summed E-state index contributed by atoms with van der Waals surface area (Å²) in [6.45, 7) is 3.87. The quantitative estimate of drug-likeness (QED) is 0.673. The van der Waals surface area contributed by atoms with Gasteiger partial charge in [-0.25, -0.2) is 0 Å². The summed E-state index contributed by atoms with van der Waals surface area (Å²) in [5.74, 6) is 5.89. The Hall–Kier alpha value is -2.14. The fraction of sp³-hybridized carbons (Fsp3) is 0.143. The first kappa shape index (κ1) is 10.4. The van der Waals surface area contributed by atoms with Crippen LogP contribution in [0.5, 0.6) is 0 Å². The van der Waals surface area contributed by atoms with Crippen LogP contribution < -0.4 is 0 Å². The summed E-state index contributed by atoms with van der Waals surface area (Å²) in [4.78, 5) is 8.60.